The van der Waals surface area contributed by atoms with Crippen molar-refractivity contribution in [1.29, 1.82) is 0 Å². The van der Waals surface area contributed by atoms with Crippen LogP contribution in [0.4, 0.5) is 5.00 Å². The van der Waals surface area contributed by atoms with Gasteiger partial charge in [-0.1, -0.05) is 52.0 Å². The summed E-state index contributed by atoms with van der Waals surface area (Å²) in [6, 6.07) is 8.15. The number of hydrogen-bond donors (Lipinski definition) is 1. The molecule has 4 nitrogen and oxygen atoms in total. The van der Waals surface area contributed by atoms with Crippen molar-refractivity contribution in [2.24, 2.45) is 0 Å². The fourth-order valence-corrected chi connectivity index (χ4v) is 4.07. The minimum Gasteiger partial charge on any atom is -0.462 e. The normalized spacial score (nSPS) is 11.6. The molecule has 2 aromatic rings. The third-order valence-electron chi connectivity index (χ3n) is 4.48. The van der Waals surface area contributed by atoms with E-state index in [0.29, 0.717) is 23.6 Å². The van der Waals surface area contributed by atoms with Crippen LogP contribution < -0.4 is 5.32 Å². The summed E-state index contributed by atoms with van der Waals surface area (Å²) in [5.41, 5.74) is 3.69. The summed E-state index contributed by atoms with van der Waals surface area (Å²) >= 11 is 1.41. The fourth-order valence-electron chi connectivity index (χ4n) is 2.93. The zero-order chi connectivity index (χ0) is 20.9. The van der Waals surface area contributed by atoms with Gasteiger partial charge in [-0.05, 0) is 48.4 Å². The SMILES string of the molecule is CCOC(=O)c1c(NC(=O)C=Cc2ccc(C(C)(C)C)cc2)sc(C)c1CC. The van der Waals surface area contributed by atoms with E-state index in [-0.39, 0.29) is 17.3 Å². The first-order chi connectivity index (χ1) is 13.2. The average Bonchev–Trinajstić information content (AvgIpc) is 2.94. The van der Waals surface area contributed by atoms with Gasteiger partial charge in [0, 0.05) is 11.0 Å². The third-order valence-corrected chi connectivity index (χ3v) is 5.55. The predicted octanol–water partition coefficient (Wildman–Crippen LogP) is 5.75. The van der Waals surface area contributed by atoms with Gasteiger partial charge in [0.25, 0.3) is 0 Å². The molecule has 1 aromatic heterocycles. The Morgan fingerprint density at radius 1 is 1.14 bits per heavy atom. The van der Waals surface area contributed by atoms with E-state index in [1.54, 1.807) is 13.0 Å². The van der Waals surface area contributed by atoms with Crippen LogP contribution in [0.15, 0.2) is 30.3 Å². The molecule has 1 aromatic carbocycles. The number of anilines is 1. The number of carbonyl (C=O) groups excluding carboxylic acids is 2. The van der Waals surface area contributed by atoms with Gasteiger partial charge in [0.05, 0.1) is 12.2 Å². The molecule has 1 N–H and O–H groups in total. The molecule has 0 radical (unpaired) electrons. The van der Waals surface area contributed by atoms with E-state index in [1.807, 2.05) is 26.0 Å². The molecule has 2 rings (SSSR count). The van der Waals surface area contributed by atoms with Gasteiger partial charge in [0.1, 0.15) is 5.00 Å². The molecule has 0 aliphatic heterocycles. The zero-order valence-electron chi connectivity index (χ0n) is 17.5. The summed E-state index contributed by atoms with van der Waals surface area (Å²) in [5, 5.41) is 3.39. The Labute approximate surface area is 171 Å². The molecule has 5 heteroatoms. The van der Waals surface area contributed by atoms with Crippen LogP contribution in [0, 0.1) is 6.92 Å². The predicted molar refractivity (Wildman–Crippen MR) is 117 cm³/mol. The van der Waals surface area contributed by atoms with E-state index in [9.17, 15) is 9.59 Å². The van der Waals surface area contributed by atoms with Crippen molar-refractivity contribution < 1.29 is 14.3 Å². The molecule has 0 saturated carbocycles. The molecule has 28 heavy (non-hydrogen) atoms. The lowest BCUT2D eigenvalue weighted by atomic mass is 9.87. The summed E-state index contributed by atoms with van der Waals surface area (Å²) in [4.78, 5) is 25.8. The molecule has 0 unspecified atom stereocenters. The van der Waals surface area contributed by atoms with E-state index >= 15 is 0 Å². The number of carbonyl (C=O) groups is 2. The van der Waals surface area contributed by atoms with Crippen LogP contribution in [0.5, 0.6) is 0 Å². The monoisotopic (exact) mass is 399 g/mol. The number of aryl methyl sites for hydroxylation is 1. The molecular weight excluding hydrogens is 370 g/mol. The van der Waals surface area contributed by atoms with E-state index in [2.05, 4.69) is 38.2 Å². The van der Waals surface area contributed by atoms with Gasteiger partial charge < -0.3 is 10.1 Å². The highest BCUT2D eigenvalue weighted by molar-refractivity contribution is 7.16. The Kier molecular flexibility index (Phi) is 7.19. The largest absolute Gasteiger partial charge is 0.462 e. The summed E-state index contributed by atoms with van der Waals surface area (Å²) < 4.78 is 5.17. The number of ether oxygens (including phenoxy) is 1. The molecule has 0 atom stereocenters. The number of amides is 1. The van der Waals surface area contributed by atoms with E-state index in [0.717, 1.165) is 16.0 Å². The van der Waals surface area contributed by atoms with Crippen molar-refractivity contribution in [3.05, 3.63) is 57.5 Å². The van der Waals surface area contributed by atoms with E-state index in [1.165, 1.54) is 23.0 Å². The van der Waals surface area contributed by atoms with Gasteiger partial charge in [0.15, 0.2) is 0 Å². The number of rotatable bonds is 6. The van der Waals surface area contributed by atoms with Crippen molar-refractivity contribution in [3.63, 3.8) is 0 Å². The molecule has 0 aliphatic rings. The van der Waals surface area contributed by atoms with Crippen LogP contribution in [0.2, 0.25) is 0 Å². The van der Waals surface area contributed by atoms with Crippen molar-refractivity contribution in [2.45, 2.75) is 53.4 Å². The number of nitrogens with one attached hydrogen (secondary N) is 1. The molecule has 150 valence electrons. The second-order valence-corrected chi connectivity index (χ2v) is 8.83. The van der Waals surface area contributed by atoms with Crippen LogP contribution >= 0.6 is 11.3 Å². The third kappa shape index (κ3) is 5.32. The minimum absolute atomic E-state index is 0.0944. The Morgan fingerprint density at radius 2 is 1.79 bits per heavy atom. The lowest BCUT2D eigenvalue weighted by Crippen LogP contribution is -2.13. The first kappa shape index (κ1) is 21.9. The number of thiophene rings is 1. The maximum absolute atomic E-state index is 12.4. The maximum Gasteiger partial charge on any atom is 0.341 e. The minimum atomic E-state index is -0.388. The topological polar surface area (TPSA) is 55.4 Å². The van der Waals surface area contributed by atoms with Crippen LogP contribution in [0.25, 0.3) is 6.08 Å². The number of hydrogen-bond acceptors (Lipinski definition) is 4. The Hall–Kier alpha value is -2.40. The second kappa shape index (κ2) is 9.20. The fraction of sp³-hybridized carbons (Fsp3) is 0.391. The zero-order valence-corrected chi connectivity index (χ0v) is 18.3. The second-order valence-electron chi connectivity index (χ2n) is 7.61. The molecule has 1 amide bonds. The first-order valence-electron chi connectivity index (χ1n) is 9.56. The van der Waals surface area contributed by atoms with E-state index < -0.39 is 0 Å². The highest BCUT2D eigenvalue weighted by atomic mass is 32.1. The molecule has 0 fully saturated rings. The number of benzene rings is 1. The van der Waals surface area contributed by atoms with Crippen LogP contribution in [0.1, 0.15) is 66.5 Å². The number of esters is 1. The average molecular weight is 400 g/mol. The first-order valence-corrected chi connectivity index (χ1v) is 10.4. The molecule has 0 saturated heterocycles. The quantitative estimate of drug-likeness (QED) is 0.497. The molecular formula is C23H29NO3S. The van der Waals surface area contributed by atoms with Gasteiger partial charge in [-0.25, -0.2) is 4.79 Å². The lowest BCUT2D eigenvalue weighted by Gasteiger charge is -2.18. The van der Waals surface area contributed by atoms with Gasteiger partial charge >= 0.3 is 5.97 Å². The van der Waals surface area contributed by atoms with Gasteiger partial charge in [-0.15, -0.1) is 11.3 Å². The maximum atomic E-state index is 12.4. The Balaban J connectivity index is 2.17. The summed E-state index contributed by atoms with van der Waals surface area (Å²) in [5.74, 6) is -0.657. The van der Waals surface area contributed by atoms with Gasteiger partial charge in [-0.3, -0.25) is 4.79 Å². The Morgan fingerprint density at radius 3 is 2.32 bits per heavy atom. The standard InChI is InChI=1S/C23H29NO3S/c1-7-18-15(3)28-21(20(18)22(26)27-8-2)24-19(25)14-11-16-9-12-17(13-10-16)23(4,5)6/h9-14H,7-8H2,1-6H3,(H,24,25). The van der Waals surface area contributed by atoms with Crippen molar-refractivity contribution >= 4 is 34.3 Å². The lowest BCUT2D eigenvalue weighted by molar-refractivity contribution is -0.111. The highest BCUT2D eigenvalue weighted by Gasteiger charge is 2.23. The van der Waals surface area contributed by atoms with E-state index in [4.69, 9.17) is 4.74 Å². The van der Waals surface area contributed by atoms with Gasteiger partial charge in [-0.2, -0.15) is 0 Å². The molecule has 0 spiro atoms. The molecule has 0 bridgehead atoms. The smallest absolute Gasteiger partial charge is 0.341 e. The van der Waals surface area contributed by atoms with Crippen molar-refractivity contribution in [1.82, 2.24) is 0 Å². The van der Waals surface area contributed by atoms with Crippen molar-refractivity contribution in [2.75, 3.05) is 11.9 Å². The summed E-state index contributed by atoms with van der Waals surface area (Å²) in [6.45, 7) is 12.5. The molecule has 1 heterocycles. The molecule has 0 aliphatic carbocycles. The summed E-state index contributed by atoms with van der Waals surface area (Å²) in [7, 11) is 0. The Bertz CT molecular complexity index is 870. The summed E-state index contributed by atoms with van der Waals surface area (Å²) in [6.07, 6.45) is 3.97. The van der Waals surface area contributed by atoms with Gasteiger partial charge in [0.2, 0.25) is 5.91 Å². The highest BCUT2D eigenvalue weighted by Crippen LogP contribution is 2.34. The van der Waals surface area contributed by atoms with Crippen LogP contribution in [0.3, 0.4) is 0 Å². The van der Waals surface area contributed by atoms with Crippen LogP contribution in [-0.4, -0.2) is 18.5 Å². The van der Waals surface area contributed by atoms with Crippen LogP contribution in [-0.2, 0) is 21.4 Å². The van der Waals surface area contributed by atoms with Crippen molar-refractivity contribution in [3.8, 4) is 0 Å².